The van der Waals surface area contributed by atoms with Crippen LogP contribution >= 0.6 is 0 Å². The number of rotatable bonds is 12. The van der Waals surface area contributed by atoms with Gasteiger partial charge in [-0.1, -0.05) is 85.3 Å². The number of ether oxygens (including phenoxy) is 1. The van der Waals surface area contributed by atoms with E-state index in [4.69, 9.17) is 4.74 Å². The van der Waals surface area contributed by atoms with Gasteiger partial charge in [0.05, 0.1) is 12.5 Å². The topological polar surface area (TPSA) is 58.6 Å². The van der Waals surface area contributed by atoms with Gasteiger partial charge in [0, 0.05) is 30.1 Å². The molecule has 1 saturated heterocycles. The molecule has 3 aromatic carbocycles. The van der Waals surface area contributed by atoms with Crippen molar-refractivity contribution < 1.29 is 14.3 Å². The van der Waals surface area contributed by atoms with Crippen LogP contribution in [0.3, 0.4) is 0 Å². The van der Waals surface area contributed by atoms with E-state index in [1.165, 1.54) is 11.1 Å². The molecule has 0 spiro atoms. The van der Waals surface area contributed by atoms with E-state index in [1.54, 1.807) is 0 Å². The predicted octanol–water partition coefficient (Wildman–Crippen LogP) is 7.33. The number of carbonyl (C=O) groups excluding carboxylic acids is 2. The molecule has 1 aliphatic heterocycles. The number of piperidine rings is 1. The maximum atomic E-state index is 13.3. The van der Waals surface area contributed by atoms with Crippen LogP contribution in [0, 0.1) is 6.92 Å². The van der Waals surface area contributed by atoms with Crippen molar-refractivity contribution in [2.75, 3.05) is 19.6 Å². The Kier molecular flexibility index (Phi) is 10.8. The molecule has 1 aliphatic rings. The van der Waals surface area contributed by atoms with Crippen molar-refractivity contribution in [3.05, 3.63) is 95.6 Å². The molecule has 0 aliphatic carbocycles. The zero-order chi connectivity index (χ0) is 29.2. The monoisotopic (exact) mass is 554 g/mol. The van der Waals surface area contributed by atoms with Crippen molar-refractivity contribution in [1.29, 1.82) is 0 Å². The first kappa shape index (κ1) is 30.5. The lowest BCUT2D eigenvalue weighted by Crippen LogP contribution is -2.45. The molecule has 1 heterocycles. The van der Waals surface area contributed by atoms with Gasteiger partial charge in [-0.25, -0.2) is 0 Å². The van der Waals surface area contributed by atoms with Crippen LogP contribution in [-0.2, 0) is 14.9 Å². The first-order valence-corrected chi connectivity index (χ1v) is 15.2. The Labute approximate surface area is 246 Å². The van der Waals surface area contributed by atoms with Gasteiger partial charge in [0.1, 0.15) is 0 Å². The van der Waals surface area contributed by atoms with Crippen LogP contribution in [0.1, 0.15) is 80.8 Å². The van der Waals surface area contributed by atoms with Crippen LogP contribution in [0.25, 0.3) is 11.1 Å². The number of likely N-dealkylation sites (tertiary alicyclic amines) is 1. The van der Waals surface area contributed by atoms with Crippen LogP contribution in [0.4, 0.5) is 0 Å². The molecule has 4 rings (SSSR count). The molecule has 1 unspecified atom stereocenters. The second kappa shape index (κ2) is 14.5. The Morgan fingerprint density at radius 1 is 0.976 bits per heavy atom. The molecule has 1 atom stereocenters. The zero-order valence-corrected chi connectivity index (χ0v) is 25.2. The molecule has 1 amide bonds. The van der Waals surface area contributed by atoms with Crippen molar-refractivity contribution in [3.63, 3.8) is 0 Å². The van der Waals surface area contributed by atoms with Crippen LogP contribution < -0.4 is 5.32 Å². The molecule has 0 saturated carbocycles. The van der Waals surface area contributed by atoms with Gasteiger partial charge in [-0.15, -0.1) is 0 Å². The summed E-state index contributed by atoms with van der Waals surface area (Å²) in [4.78, 5) is 28.6. The number of amides is 1. The van der Waals surface area contributed by atoms with Crippen molar-refractivity contribution in [1.82, 2.24) is 10.2 Å². The van der Waals surface area contributed by atoms with Gasteiger partial charge in [-0.05, 0) is 82.2 Å². The van der Waals surface area contributed by atoms with Gasteiger partial charge >= 0.3 is 5.97 Å². The molecule has 0 bridgehead atoms. The van der Waals surface area contributed by atoms with E-state index in [2.05, 4.69) is 66.5 Å². The minimum Gasteiger partial charge on any atom is -0.463 e. The molecule has 41 heavy (non-hydrogen) atoms. The van der Waals surface area contributed by atoms with Crippen LogP contribution in [0.5, 0.6) is 0 Å². The summed E-state index contributed by atoms with van der Waals surface area (Å²) in [6.07, 6.45) is 5.02. The molecule has 0 aromatic heterocycles. The summed E-state index contributed by atoms with van der Waals surface area (Å²) in [5, 5.41) is 3.31. The van der Waals surface area contributed by atoms with E-state index in [-0.39, 0.29) is 29.4 Å². The Morgan fingerprint density at radius 2 is 1.68 bits per heavy atom. The van der Waals surface area contributed by atoms with Gasteiger partial charge in [-0.2, -0.15) is 0 Å². The van der Waals surface area contributed by atoms with Gasteiger partial charge in [0.2, 0.25) is 0 Å². The number of hydrogen-bond acceptors (Lipinski definition) is 4. The molecule has 218 valence electrons. The molecule has 1 N–H and O–H groups in total. The summed E-state index contributed by atoms with van der Waals surface area (Å²) in [5.41, 5.74) is 4.96. The summed E-state index contributed by atoms with van der Waals surface area (Å²) in [5.74, 6) is -0.115. The fourth-order valence-corrected chi connectivity index (χ4v) is 6.16. The minimum absolute atomic E-state index is 0.00410. The third kappa shape index (κ3) is 8.29. The molecular formula is C36H46N2O3. The lowest BCUT2D eigenvalue weighted by Gasteiger charge is -2.36. The van der Waals surface area contributed by atoms with Crippen molar-refractivity contribution in [2.24, 2.45) is 0 Å². The quantitative estimate of drug-likeness (QED) is 0.238. The Morgan fingerprint density at radius 3 is 2.37 bits per heavy atom. The highest BCUT2D eigenvalue weighted by Crippen LogP contribution is 2.37. The number of aryl methyl sites for hydroxylation is 1. The smallest absolute Gasteiger partial charge is 0.306 e. The van der Waals surface area contributed by atoms with E-state index in [0.717, 1.165) is 68.4 Å². The van der Waals surface area contributed by atoms with E-state index >= 15 is 0 Å². The molecular weight excluding hydrogens is 508 g/mol. The number of esters is 1. The molecule has 0 radical (unpaired) electrons. The molecule has 5 heteroatoms. The molecule has 5 nitrogen and oxygen atoms in total. The maximum Gasteiger partial charge on any atom is 0.306 e. The minimum atomic E-state index is -0.218. The highest BCUT2D eigenvalue weighted by Gasteiger charge is 2.34. The van der Waals surface area contributed by atoms with E-state index in [0.29, 0.717) is 6.42 Å². The van der Waals surface area contributed by atoms with Crippen LogP contribution in [0.15, 0.2) is 78.9 Å². The highest BCUT2D eigenvalue weighted by molar-refractivity contribution is 6.01. The Bertz CT molecular complexity index is 1280. The highest BCUT2D eigenvalue weighted by atomic mass is 16.5. The number of carbonyl (C=O) groups is 2. The Balaban J connectivity index is 1.31. The van der Waals surface area contributed by atoms with Gasteiger partial charge in [0.25, 0.3) is 5.91 Å². The number of nitrogens with zero attached hydrogens (tertiary/aromatic N) is 1. The third-order valence-electron chi connectivity index (χ3n) is 8.47. The van der Waals surface area contributed by atoms with Crippen molar-refractivity contribution in [2.45, 2.75) is 83.8 Å². The fourth-order valence-electron chi connectivity index (χ4n) is 6.16. The van der Waals surface area contributed by atoms with Crippen LogP contribution in [0.2, 0.25) is 0 Å². The van der Waals surface area contributed by atoms with Gasteiger partial charge < -0.3 is 15.0 Å². The fraction of sp³-hybridized carbons (Fsp3) is 0.444. The van der Waals surface area contributed by atoms with Gasteiger partial charge in [0.15, 0.2) is 0 Å². The maximum absolute atomic E-state index is 13.3. The summed E-state index contributed by atoms with van der Waals surface area (Å²) < 4.78 is 5.55. The largest absolute Gasteiger partial charge is 0.463 e. The third-order valence-corrected chi connectivity index (χ3v) is 8.47. The first-order valence-electron chi connectivity index (χ1n) is 15.2. The van der Waals surface area contributed by atoms with E-state index in [9.17, 15) is 9.59 Å². The standard InChI is InChI=1S/C36H46N2O3/c1-5-36(26-34(39)41-27(2)3,30-15-7-6-8-16-30)21-12-22-38-23-19-31(20-24-38)37-35(40)33-18-10-9-17-32(33)29-14-11-13-28(4)25-29/h6-11,13-18,25,27,31H,5,12,19-24,26H2,1-4H3,(H,37,40). The van der Waals surface area contributed by atoms with Crippen LogP contribution in [-0.4, -0.2) is 48.6 Å². The van der Waals surface area contributed by atoms with E-state index in [1.807, 2.05) is 50.2 Å². The summed E-state index contributed by atoms with van der Waals surface area (Å²) in [6, 6.07) is 26.8. The lowest BCUT2D eigenvalue weighted by molar-refractivity contribution is -0.149. The summed E-state index contributed by atoms with van der Waals surface area (Å²) in [7, 11) is 0. The average molecular weight is 555 g/mol. The second-order valence-electron chi connectivity index (χ2n) is 11.8. The number of nitrogens with one attached hydrogen (secondary N) is 1. The van der Waals surface area contributed by atoms with E-state index < -0.39 is 0 Å². The Hall–Kier alpha value is -3.44. The van der Waals surface area contributed by atoms with Gasteiger partial charge in [-0.3, -0.25) is 9.59 Å². The molecule has 1 fully saturated rings. The summed E-state index contributed by atoms with van der Waals surface area (Å²) in [6.45, 7) is 11.0. The SMILES string of the molecule is CCC(CCCN1CCC(NC(=O)c2ccccc2-c2cccc(C)c2)CC1)(CC(=O)OC(C)C)c1ccccc1. The lowest BCUT2D eigenvalue weighted by atomic mass is 9.72. The first-order chi connectivity index (χ1) is 19.8. The van der Waals surface area contributed by atoms with Crippen molar-refractivity contribution >= 4 is 11.9 Å². The number of hydrogen-bond donors (Lipinski definition) is 1. The second-order valence-corrected chi connectivity index (χ2v) is 11.8. The molecule has 3 aromatic rings. The van der Waals surface area contributed by atoms with Crippen molar-refractivity contribution in [3.8, 4) is 11.1 Å². The number of benzene rings is 3. The predicted molar refractivity (Wildman–Crippen MR) is 167 cm³/mol. The summed E-state index contributed by atoms with van der Waals surface area (Å²) >= 11 is 0. The average Bonchev–Trinajstić information content (AvgIpc) is 2.97. The zero-order valence-electron chi connectivity index (χ0n) is 25.2. The normalized spacial score (nSPS) is 15.8.